The van der Waals surface area contributed by atoms with Crippen molar-refractivity contribution in [1.82, 2.24) is 8.94 Å². The SMILES string of the molecule is O=c1[nH]s/c(=N/c2ccc(Cl)c(Cl)c2)n1Cc1cccc(C(F)(F)F)c1. The van der Waals surface area contributed by atoms with Gasteiger partial charge in [0.15, 0.2) is 0 Å². The molecule has 0 bridgehead atoms. The van der Waals surface area contributed by atoms with Crippen LogP contribution in [-0.4, -0.2) is 8.94 Å². The summed E-state index contributed by atoms with van der Waals surface area (Å²) in [5, 5.41) is 0.671. The highest BCUT2D eigenvalue weighted by Gasteiger charge is 2.30. The Morgan fingerprint density at radius 1 is 1.12 bits per heavy atom. The van der Waals surface area contributed by atoms with Crippen molar-refractivity contribution in [2.75, 3.05) is 0 Å². The van der Waals surface area contributed by atoms with Crippen molar-refractivity contribution in [3.63, 3.8) is 0 Å². The van der Waals surface area contributed by atoms with E-state index in [4.69, 9.17) is 23.2 Å². The highest BCUT2D eigenvalue weighted by Crippen LogP contribution is 2.29. The third kappa shape index (κ3) is 4.20. The molecular formula is C16H10Cl2F3N3OS. The van der Waals surface area contributed by atoms with Gasteiger partial charge in [0.05, 0.1) is 27.8 Å². The highest BCUT2D eigenvalue weighted by atomic mass is 35.5. The largest absolute Gasteiger partial charge is 0.416 e. The molecule has 4 nitrogen and oxygen atoms in total. The molecule has 0 saturated carbocycles. The Morgan fingerprint density at radius 2 is 1.88 bits per heavy atom. The minimum atomic E-state index is -4.45. The molecule has 0 aliphatic carbocycles. The van der Waals surface area contributed by atoms with Gasteiger partial charge in [0.25, 0.3) is 0 Å². The number of halogens is 5. The van der Waals surface area contributed by atoms with Crippen LogP contribution in [0.4, 0.5) is 18.9 Å². The number of alkyl halides is 3. The fourth-order valence-corrected chi connectivity index (χ4v) is 3.19. The van der Waals surface area contributed by atoms with Crippen molar-refractivity contribution in [2.45, 2.75) is 12.7 Å². The zero-order chi connectivity index (χ0) is 18.9. The Balaban J connectivity index is 2.00. The van der Waals surface area contributed by atoms with E-state index >= 15 is 0 Å². The fraction of sp³-hybridized carbons (Fsp3) is 0.125. The van der Waals surface area contributed by atoms with Crippen LogP contribution >= 0.6 is 34.7 Å². The summed E-state index contributed by atoms with van der Waals surface area (Å²) in [5.41, 5.74) is -0.441. The standard InChI is InChI=1S/C16H10Cl2F3N3OS/c17-12-5-4-11(7-13(12)18)22-15-24(14(25)23-26-15)8-9-2-1-3-10(6-9)16(19,20)21/h1-7H,8H2,(H,23,25)/b22-15+. The zero-order valence-corrected chi connectivity index (χ0v) is 15.2. The molecule has 10 heteroatoms. The molecule has 0 radical (unpaired) electrons. The van der Waals surface area contributed by atoms with E-state index in [9.17, 15) is 18.0 Å². The lowest BCUT2D eigenvalue weighted by Crippen LogP contribution is -2.27. The van der Waals surface area contributed by atoms with Crippen molar-refractivity contribution in [2.24, 2.45) is 4.99 Å². The molecule has 0 fully saturated rings. The summed E-state index contributed by atoms with van der Waals surface area (Å²) in [5.74, 6) is 0. The van der Waals surface area contributed by atoms with Crippen LogP contribution in [0.3, 0.4) is 0 Å². The lowest BCUT2D eigenvalue weighted by molar-refractivity contribution is -0.137. The summed E-state index contributed by atoms with van der Waals surface area (Å²) >= 11 is 12.8. The first-order valence-electron chi connectivity index (χ1n) is 7.18. The second-order valence-electron chi connectivity index (χ2n) is 5.29. The lowest BCUT2D eigenvalue weighted by Gasteiger charge is -2.08. The molecule has 1 N–H and O–H groups in total. The average Bonchev–Trinajstić information content (AvgIpc) is 2.91. The van der Waals surface area contributed by atoms with E-state index in [2.05, 4.69) is 9.37 Å². The van der Waals surface area contributed by atoms with Crippen LogP contribution < -0.4 is 10.5 Å². The van der Waals surface area contributed by atoms with Crippen LogP contribution in [0, 0.1) is 0 Å². The Hall–Kier alpha value is -2.03. The van der Waals surface area contributed by atoms with E-state index < -0.39 is 17.4 Å². The minimum absolute atomic E-state index is 0.0527. The van der Waals surface area contributed by atoms with Gasteiger partial charge in [0.2, 0.25) is 4.80 Å². The van der Waals surface area contributed by atoms with Crippen molar-refractivity contribution < 1.29 is 13.2 Å². The molecule has 0 aliphatic rings. The number of hydrogen-bond donors (Lipinski definition) is 1. The second-order valence-corrected chi connectivity index (χ2v) is 6.87. The molecule has 2 aromatic carbocycles. The molecule has 0 atom stereocenters. The third-order valence-corrected chi connectivity index (χ3v) is 4.94. The van der Waals surface area contributed by atoms with Crippen LogP contribution in [-0.2, 0) is 12.7 Å². The first kappa shape index (κ1) is 18.8. The smallest absolute Gasteiger partial charge is 0.263 e. The number of nitrogens with zero attached hydrogens (tertiary/aromatic N) is 2. The number of rotatable bonds is 3. The van der Waals surface area contributed by atoms with E-state index in [1.165, 1.54) is 22.8 Å². The average molecular weight is 420 g/mol. The van der Waals surface area contributed by atoms with Gasteiger partial charge in [0, 0.05) is 0 Å². The lowest BCUT2D eigenvalue weighted by atomic mass is 10.1. The first-order chi connectivity index (χ1) is 12.2. The molecular weight excluding hydrogens is 410 g/mol. The van der Waals surface area contributed by atoms with Gasteiger partial charge in [-0.25, -0.2) is 9.79 Å². The van der Waals surface area contributed by atoms with Gasteiger partial charge >= 0.3 is 11.9 Å². The maximum Gasteiger partial charge on any atom is 0.416 e. The normalized spacial score (nSPS) is 12.6. The maximum absolute atomic E-state index is 12.8. The highest BCUT2D eigenvalue weighted by molar-refractivity contribution is 7.02. The van der Waals surface area contributed by atoms with Crippen molar-refractivity contribution in [3.8, 4) is 0 Å². The quantitative estimate of drug-likeness (QED) is 0.648. The van der Waals surface area contributed by atoms with Crippen LogP contribution in [0.25, 0.3) is 0 Å². The molecule has 1 aromatic heterocycles. The monoisotopic (exact) mass is 419 g/mol. The molecule has 3 aromatic rings. The molecule has 0 saturated heterocycles. The van der Waals surface area contributed by atoms with Gasteiger partial charge in [0.1, 0.15) is 0 Å². The van der Waals surface area contributed by atoms with Gasteiger partial charge in [-0.15, -0.1) is 0 Å². The number of hydrogen-bond acceptors (Lipinski definition) is 3. The molecule has 0 aliphatic heterocycles. The minimum Gasteiger partial charge on any atom is -0.263 e. The molecule has 3 rings (SSSR count). The number of nitrogens with one attached hydrogen (secondary N) is 1. The van der Waals surface area contributed by atoms with Crippen LogP contribution in [0.2, 0.25) is 10.0 Å². The van der Waals surface area contributed by atoms with Gasteiger partial charge < -0.3 is 0 Å². The van der Waals surface area contributed by atoms with E-state index in [0.717, 1.165) is 23.7 Å². The van der Waals surface area contributed by atoms with Crippen molar-refractivity contribution in [3.05, 3.63) is 78.9 Å². The summed E-state index contributed by atoms with van der Waals surface area (Å²) < 4.78 is 42.3. The Bertz CT molecular complexity index is 1070. The van der Waals surface area contributed by atoms with Gasteiger partial charge in [-0.05, 0) is 47.4 Å². The van der Waals surface area contributed by atoms with Gasteiger partial charge in [-0.3, -0.25) is 8.94 Å². The van der Waals surface area contributed by atoms with Crippen LogP contribution in [0.1, 0.15) is 11.1 Å². The maximum atomic E-state index is 12.8. The molecule has 1 heterocycles. The predicted octanol–water partition coefficient (Wildman–Crippen LogP) is 4.84. The van der Waals surface area contributed by atoms with Crippen molar-refractivity contribution >= 4 is 40.4 Å². The molecule has 26 heavy (non-hydrogen) atoms. The summed E-state index contributed by atoms with van der Waals surface area (Å²) in [6.45, 7) is -0.0527. The van der Waals surface area contributed by atoms with E-state index in [0.29, 0.717) is 26.1 Å². The predicted molar refractivity (Wildman–Crippen MR) is 95.2 cm³/mol. The first-order valence-corrected chi connectivity index (χ1v) is 8.75. The van der Waals surface area contributed by atoms with Crippen LogP contribution in [0.15, 0.2) is 52.3 Å². The summed E-state index contributed by atoms with van der Waals surface area (Å²) in [6, 6.07) is 9.52. The third-order valence-electron chi connectivity index (χ3n) is 3.43. The Labute approximate surface area is 159 Å². The molecule has 0 unspecified atom stereocenters. The second kappa shape index (κ2) is 7.30. The number of aromatic amines is 1. The van der Waals surface area contributed by atoms with E-state index in [1.54, 1.807) is 12.1 Å². The van der Waals surface area contributed by atoms with Gasteiger partial charge in [-0.2, -0.15) is 13.2 Å². The summed E-state index contributed by atoms with van der Waals surface area (Å²) in [7, 11) is 0. The zero-order valence-electron chi connectivity index (χ0n) is 12.8. The molecule has 0 amide bonds. The molecule has 0 spiro atoms. The summed E-state index contributed by atoms with van der Waals surface area (Å²) in [4.78, 5) is 16.6. The summed E-state index contributed by atoms with van der Waals surface area (Å²) in [6.07, 6.45) is -4.45. The number of H-pyrrole nitrogens is 1. The Kier molecular flexibility index (Phi) is 5.27. The van der Waals surface area contributed by atoms with Gasteiger partial charge in [-0.1, -0.05) is 35.3 Å². The topological polar surface area (TPSA) is 50.1 Å². The van der Waals surface area contributed by atoms with E-state index in [1.807, 2.05) is 0 Å². The Morgan fingerprint density at radius 3 is 2.58 bits per heavy atom. The van der Waals surface area contributed by atoms with Crippen LogP contribution in [0.5, 0.6) is 0 Å². The molecule has 136 valence electrons. The number of aromatic nitrogens is 2. The number of benzene rings is 2. The fourth-order valence-electron chi connectivity index (χ4n) is 2.20. The van der Waals surface area contributed by atoms with E-state index in [-0.39, 0.29) is 6.54 Å². The van der Waals surface area contributed by atoms with Crippen molar-refractivity contribution in [1.29, 1.82) is 0 Å².